The minimum Gasteiger partial charge on any atom is -0.493 e. The number of hydrogen-bond donors (Lipinski definition) is 0. The fraction of sp³-hybridized carbons (Fsp3) is 0.364. The molecule has 1 saturated heterocycles. The van der Waals surface area contributed by atoms with Gasteiger partial charge in [0.05, 0.1) is 12.1 Å². The maximum Gasteiger partial charge on any atom is 0.166 e. The van der Waals surface area contributed by atoms with Crippen LogP contribution >= 0.6 is 0 Å². The van der Waals surface area contributed by atoms with E-state index >= 15 is 4.39 Å². The lowest BCUT2D eigenvalue weighted by molar-refractivity contribution is 0.159. The van der Waals surface area contributed by atoms with E-state index in [1.165, 1.54) is 12.1 Å². The summed E-state index contributed by atoms with van der Waals surface area (Å²) in [5.74, 6) is 1.47. The van der Waals surface area contributed by atoms with Crippen molar-refractivity contribution >= 4 is 10.9 Å². The Bertz CT molecular complexity index is 1480. The molecule has 202 valence electrons. The zero-order valence-electron chi connectivity index (χ0n) is 22.6. The molecule has 1 aliphatic carbocycles. The van der Waals surface area contributed by atoms with Gasteiger partial charge in [-0.1, -0.05) is 25.1 Å². The first-order chi connectivity index (χ1) is 18.9. The van der Waals surface area contributed by atoms with Crippen LogP contribution in [0.15, 0.2) is 66.9 Å². The molecule has 1 aromatic heterocycles. The Balaban J connectivity index is 1.23. The highest BCUT2D eigenvalue weighted by Crippen LogP contribution is 2.54. The number of piperidine rings is 1. The minimum absolute atomic E-state index is 0.168. The molecular weight excluding hydrogens is 494 g/mol. The highest BCUT2D eigenvalue weighted by atomic mass is 19.1. The van der Waals surface area contributed by atoms with Crippen molar-refractivity contribution in [2.24, 2.45) is 5.92 Å². The van der Waals surface area contributed by atoms with E-state index < -0.39 is 5.82 Å². The van der Waals surface area contributed by atoms with Crippen molar-refractivity contribution in [1.29, 1.82) is 0 Å². The molecule has 6 rings (SSSR count). The summed E-state index contributed by atoms with van der Waals surface area (Å²) in [4.78, 5) is 6.92. The second-order valence-corrected chi connectivity index (χ2v) is 11.0. The molecule has 4 aromatic rings. The zero-order chi connectivity index (χ0) is 27.0. The van der Waals surface area contributed by atoms with E-state index in [9.17, 15) is 4.39 Å². The first-order valence-corrected chi connectivity index (χ1v) is 13.9. The Hall–Kier alpha value is -3.51. The predicted molar refractivity (Wildman–Crippen MR) is 150 cm³/mol. The molecule has 2 fully saturated rings. The van der Waals surface area contributed by atoms with Crippen LogP contribution in [-0.4, -0.2) is 36.6 Å². The first kappa shape index (κ1) is 25.8. The Morgan fingerprint density at radius 3 is 2.33 bits per heavy atom. The lowest BCUT2D eigenvalue weighted by Gasteiger charge is -2.29. The van der Waals surface area contributed by atoms with Crippen LogP contribution in [0.25, 0.3) is 10.9 Å². The number of rotatable bonds is 8. The van der Waals surface area contributed by atoms with Crippen molar-refractivity contribution in [2.75, 3.05) is 26.7 Å². The van der Waals surface area contributed by atoms with E-state index in [2.05, 4.69) is 29.9 Å². The van der Waals surface area contributed by atoms with Crippen LogP contribution in [0.5, 0.6) is 17.2 Å². The zero-order valence-corrected chi connectivity index (χ0v) is 22.6. The van der Waals surface area contributed by atoms with Crippen LogP contribution in [0.2, 0.25) is 0 Å². The van der Waals surface area contributed by atoms with Gasteiger partial charge in [-0.3, -0.25) is 4.98 Å². The molecule has 2 aliphatic rings. The summed E-state index contributed by atoms with van der Waals surface area (Å²) in [6.07, 6.45) is 6.62. The first-order valence-electron chi connectivity index (χ1n) is 13.9. The van der Waals surface area contributed by atoms with E-state index in [0.717, 1.165) is 78.5 Å². The molecule has 4 nitrogen and oxygen atoms in total. The number of aryl methyl sites for hydroxylation is 1. The molecule has 39 heavy (non-hydrogen) atoms. The lowest BCUT2D eigenvalue weighted by Crippen LogP contribution is -2.32. The van der Waals surface area contributed by atoms with E-state index in [4.69, 9.17) is 9.47 Å². The normalized spacial score (nSPS) is 17.3. The average Bonchev–Trinajstić information content (AvgIpc) is 3.76. The quantitative estimate of drug-likeness (QED) is 0.235. The predicted octanol–water partition coefficient (Wildman–Crippen LogP) is 7.67. The van der Waals surface area contributed by atoms with Crippen LogP contribution in [-0.2, 0) is 11.8 Å². The van der Waals surface area contributed by atoms with Gasteiger partial charge in [-0.05, 0) is 111 Å². The molecule has 0 bridgehead atoms. The van der Waals surface area contributed by atoms with Crippen LogP contribution in [0.3, 0.4) is 0 Å². The molecule has 6 heteroatoms. The van der Waals surface area contributed by atoms with Gasteiger partial charge in [0.1, 0.15) is 17.3 Å². The standard InChI is InChI=1S/C33H34F2N2O2/c1-3-23-18-27-29(20-32(23)38-21-22-11-16-37(2)17-12-22)36-15-10-30(27)39-31-9-6-25(19-28(31)35)33(13-14-33)24-4-7-26(34)8-5-24/h4-10,15,18-20,22H,3,11-14,16-17,21H2,1-2H3. The molecule has 3 aromatic carbocycles. The molecule has 2 heterocycles. The maximum absolute atomic E-state index is 15.4. The highest BCUT2D eigenvalue weighted by Gasteiger charge is 2.46. The van der Waals surface area contributed by atoms with Crippen LogP contribution < -0.4 is 9.47 Å². The molecule has 0 amide bonds. The molecule has 0 radical (unpaired) electrons. The van der Waals surface area contributed by atoms with Crippen LogP contribution in [0.1, 0.15) is 49.3 Å². The monoisotopic (exact) mass is 528 g/mol. The van der Waals surface area contributed by atoms with Gasteiger partial charge in [0.25, 0.3) is 0 Å². The molecule has 0 unspecified atom stereocenters. The van der Waals surface area contributed by atoms with E-state index in [-0.39, 0.29) is 17.0 Å². The minimum atomic E-state index is -0.417. The highest BCUT2D eigenvalue weighted by molar-refractivity contribution is 5.87. The summed E-state index contributed by atoms with van der Waals surface area (Å²) in [5, 5.41) is 0.828. The van der Waals surface area contributed by atoms with Crippen molar-refractivity contribution in [2.45, 2.75) is 44.4 Å². The summed E-state index contributed by atoms with van der Waals surface area (Å²) >= 11 is 0. The SMILES string of the molecule is CCc1cc2c(Oc3ccc(C4(c5ccc(F)cc5)CC4)cc3F)ccnc2cc1OCC1CCN(C)CC1. The Morgan fingerprint density at radius 2 is 1.64 bits per heavy atom. The second-order valence-electron chi connectivity index (χ2n) is 11.0. The number of ether oxygens (including phenoxy) is 2. The van der Waals surface area contributed by atoms with Crippen molar-refractivity contribution in [1.82, 2.24) is 9.88 Å². The number of pyridine rings is 1. The van der Waals surface area contributed by atoms with E-state index in [1.54, 1.807) is 36.5 Å². The summed E-state index contributed by atoms with van der Waals surface area (Å²) in [6.45, 7) is 5.03. The fourth-order valence-corrected chi connectivity index (χ4v) is 5.77. The van der Waals surface area contributed by atoms with Crippen molar-refractivity contribution < 1.29 is 18.3 Å². The number of hydrogen-bond acceptors (Lipinski definition) is 4. The molecule has 0 atom stereocenters. The molecular formula is C33H34F2N2O2. The number of nitrogens with zero attached hydrogens (tertiary/aromatic N) is 2. The summed E-state index contributed by atoms with van der Waals surface area (Å²) in [7, 11) is 2.17. The fourth-order valence-electron chi connectivity index (χ4n) is 5.77. The number of halogens is 2. The number of likely N-dealkylation sites (tertiary alicyclic amines) is 1. The largest absolute Gasteiger partial charge is 0.493 e. The Labute approximate surface area is 228 Å². The summed E-state index contributed by atoms with van der Waals surface area (Å²) in [5.41, 5.74) is 3.49. The molecule has 0 N–H and O–H groups in total. The Kier molecular flexibility index (Phi) is 6.98. The second kappa shape index (κ2) is 10.6. The van der Waals surface area contributed by atoms with Gasteiger partial charge >= 0.3 is 0 Å². The molecule has 1 saturated carbocycles. The third-order valence-electron chi connectivity index (χ3n) is 8.43. The third-order valence-corrected chi connectivity index (χ3v) is 8.43. The lowest BCUT2D eigenvalue weighted by atomic mass is 9.88. The van der Waals surface area contributed by atoms with Gasteiger partial charge in [0.15, 0.2) is 11.6 Å². The molecule has 1 aliphatic heterocycles. The van der Waals surface area contributed by atoms with Gasteiger partial charge < -0.3 is 14.4 Å². The van der Waals surface area contributed by atoms with Gasteiger partial charge in [-0.15, -0.1) is 0 Å². The van der Waals surface area contributed by atoms with Gasteiger partial charge in [0, 0.05) is 23.1 Å². The smallest absolute Gasteiger partial charge is 0.166 e. The van der Waals surface area contributed by atoms with Crippen molar-refractivity contribution in [3.05, 3.63) is 95.2 Å². The summed E-state index contributed by atoms with van der Waals surface area (Å²) in [6, 6.07) is 17.5. The summed E-state index contributed by atoms with van der Waals surface area (Å²) < 4.78 is 41.2. The van der Waals surface area contributed by atoms with Gasteiger partial charge in [-0.2, -0.15) is 0 Å². The number of aromatic nitrogens is 1. The topological polar surface area (TPSA) is 34.6 Å². The average molecular weight is 529 g/mol. The maximum atomic E-state index is 15.4. The third kappa shape index (κ3) is 5.22. The Morgan fingerprint density at radius 1 is 0.897 bits per heavy atom. The number of benzene rings is 3. The van der Waals surface area contributed by atoms with Gasteiger partial charge in [-0.25, -0.2) is 8.78 Å². The van der Waals surface area contributed by atoms with Gasteiger partial charge in [0.2, 0.25) is 0 Å². The molecule has 0 spiro atoms. The van der Waals surface area contributed by atoms with Crippen LogP contribution in [0, 0.1) is 17.6 Å². The van der Waals surface area contributed by atoms with E-state index in [0.29, 0.717) is 18.3 Å². The van der Waals surface area contributed by atoms with E-state index in [1.807, 2.05) is 12.1 Å². The van der Waals surface area contributed by atoms with Crippen molar-refractivity contribution in [3.63, 3.8) is 0 Å². The number of fused-ring (bicyclic) bond motifs is 1. The van der Waals surface area contributed by atoms with Crippen LogP contribution in [0.4, 0.5) is 8.78 Å². The van der Waals surface area contributed by atoms with Crippen molar-refractivity contribution in [3.8, 4) is 17.2 Å².